The second kappa shape index (κ2) is 12.9. The van der Waals surface area contributed by atoms with Crippen LogP contribution >= 0.6 is 0 Å². The van der Waals surface area contributed by atoms with Crippen LogP contribution in [0.2, 0.25) is 0 Å². The number of aliphatic hydroxyl groups is 1. The van der Waals surface area contributed by atoms with Crippen molar-refractivity contribution in [3.8, 4) is 5.75 Å². The van der Waals surface area contributed by atoms with Crippen molar-refractivity contribution in [2.75, 3.05) is 55.7 Å². The Kier molecular flexibility index (Phi) is 9.54. The lowest BCUT2D eigenvalue weighted by atomic mass is 9.96. The molecule has 40 heavy (non-hydrogen) atoms. The Morgan fingerprint density at radius 2 is 1.77 bits per heavy atom. The highest BCUT2D eigenvalue weighted by Gasteiger charge is 2.35. The molecule has 0 unspecified atom stereocenters. The highest BCUT2D eigenvalue weighted by molar-refractivity contribution is 7.92. The molecule has 2 aliphatic heterocycles. The molecule has 0 spiro atoms. The first-order valence-corrected chi connectivity index (χ1v) is 15.4. The molecule has 2 aromatic carbocycles. The van der Waals surface area contributed by atoms with Gasteiger partial charge in [-0.3, -0.25) is 9.52 Å². The Balaban J connectivity index is 1.23. The molecule has 0 bridgehead atoms. The summed E-state index contributed by atoms with van der Waals surface area (Å²) < 4.78 is 30.1. The van der Waals surface area contributed by atoms with E-state index in [-0.39, 0.29) is 23.3 Å². The van der Waals surface area contributed by atoms with Crippen molar-refractivity contribution in [3.63, 3.8) is 0 Å². The zero-order chi connectivity index (χ0) is 28.9. The molecule has 0 aromatic heterocycles. The summed E-state index contributed by atoms with van der Waals surface area (Å²) in [6.07, 6.45) is 3.49. The second-order valence-electron chi connectivity index (χ2n) is 10.5. The van der Waals surface area contributed by atoms with E-state index >= 15 is 0 Å². The molecule has 2 atom stereocenters. The second-order valence-corrected chi connectivity index (χ2v) is 12.2. The molecule has 0 saturated carbocycles. The van der Waals surface area contributed by atoms with Crippen LogP contribution in [0.25, 0.3) is 0 Å². The van der Waals surface area contributed by atoms with E-state index in [0.29, 0.717) is 36.6 Å². The number of hydrogen-bond donors (Lipinski definition) is 4. The van der Waals surface area contributed by atoms with Crippen molar-refractivity contribution in [2.24, 2.45) is 5.92 Å². The van der Waals surface area contributed by atoms with Crippen LogP contribution in [0.3, 0.4) is 0 Å². The Labute approximate surface area is 235 Å². The molecule has 4 rings (SSSR count). The number of hydrogen-bond acceptors (Lipinski definition) is 9. The smallest absolute Gasteiger partial charge is 0.328 e. The van der Waals surface area contributed by atoms with Crippen molar-refractivity contribution in [1.82, 2.24) is 10.2 Å². The lowest BCUT2D eigenvalue weighted by Crippen LogP contribution is -2.41. The number of ether oxygens (including phenoxy) is 1. The minimum absolute atomic E-state index is 0.0326. The van der Waals surface area contributed by atoms with Crippen LogP contribution in [0.4, 0.5) is 11.4 Å². The highest BCUT2D eigenvalue weighted by atomic mass is 32.2. The predicted molar refractivity (Wildman–Crippen MR) is 152 cm³/mol. The fourth-order valence-electron chi connectivity index (χ4n) is 5.35. The first kappa shape index (κ1) is 29.6. The van der Waals surface area contributed by atoms with Crippen LogP contribution in [0.5, 0.6) is 5.75 Å². The van der Waals surface area contributed by atoms with Gasteiger partial charge in [-0.25, -0.2) is 13.2 Å². The van der Waals surface area contributed by atoms with E-state index in [9.17, 15) is 28.2 Å². The van der Waals surface area contributed by atoms with Crippen molar-refractivity contribution >= 4 is 33.3 Å². The summed E-state index contributed by atoms with van der Waals surface area (Å²) >= 11 is 0. The minimum atomic E-state index is -3.56. The maximum absolute atomic E-state index is 13.0. The minimum Gasteiger partial charge on any atom is -0.506 e. The quantitative estimate of drug-likeness (QED) is 0.247. The number of benzene rings is 2. The van der Waals surface area contributed by atoms with Crippen LogP contribution in [-0.2, 0) is 19.6 Å². The maximum atomic E-state index is 13.0. The Hall–Kier alpha value is -3.35. The number of carbonyl (C=O) groups is 2. The first-order chi connectivity index (χ1) is 19.1. The molecule has 4 N–H and O–H groups in total. The molecule has 1 amide bonds. The Bertz CT molecular complexity index is 1290. The molecule has 2 heterocycles. The van der Waals surface area contributed by atoms with Gasteiger partial charge in [-0.1, -0.05) is 6.07 Å². The van der Waals surface area contributed by atoms with Gasteiger partial charge in [0.25, 0.3) is 5.91 Å². The maximum Gasteiger partial charge on any atom is 0.328 e. The highest BCUT2D eigenvalue weighted by Crippen LogP contribution is 2.28. The van der Waals surface area contributed by atoms with Crippen molar-refractivity contribution in [3.05, 3.63) is 53.6 Å². The molecular weight excluding hydrogens is 536 g/mol. The molecule has 2 aliphatic rings. The summed E-state index contributed by atoms with van der Waals surface area (Å²) in [4.78, 5) is 28.9. The number of phenols is 1. The van der Waals surface area contributed by atoms with Crippen molar-refractivity contribution < 1.29 is 33.0 Å². The number of carbonyl (C=O) groups excluding carboxylic acids is 2. The Morgan fingerprint density at radius 3 is 2.42 bits per heavy atom. The predicted octanol–water partition coefficient (Wildman–Crippen LogP) is 2.08. The summed E-state index contributed by atoms with van der Waals surface area (Å²) in [6, 6.07) is 11.4. The number of nitrogens with zero attached hydrogens (tertiary/aromatic N) is 2. The molecule has 0 aliphatic carbocycles. The molecule has 2 saturated heterocycles. The summed E-state index contributed by atoms with van der Waals surface area (Å²) in [5.74, 6) is -0.287. The number of aromatic hydroxyl groups is 1. The number of likely N-dealkylation sites (tertiary alicyclic amines) is 1. The fraction of sp³-hybridized carbons (Fsp3) is 0.500. The number of nitrogens with one attached hydrogen (secondary N) is 2. The molecule has 11 nitrogen and oxygen atoms in total. The van der Waals surface area contributed by atoms with Gasteiger partial charge >= 0.3 is 5.97 Å². The number of sulfonamides is 1. The number of phenolic OH excluding ortho intramolecular Hbond substituents is 1. The molecular formula is C28H38N4O7S. The lowest BCUT2D eigenvalue weighted by Gasteiger charge is -2.34. The SMILES string of the molecule is COC(=O)[C@@H]1CCCN1C(=O)c1ccc(N2CCC(CNC[C@@H](O)c3ccc(O)c(NS(C)(=O)=O)c3)CC2)cc1. The van der Waals surface area contributed by atoms with Crippen LogP contribution < -0.4 is 14.9 Å². The van der Waals surface area contributed by atoms with E-state index in [4.69, 9.17) is 4.74 Å². The lowest BCUT2D eigenvalue weighted by molar-refractivity contribution is -0.145. The van der Waals surface area contributed by atoms with E-state index in [1.807, 2.05) is 24.3 Å². The number of aliphatic hydroxyl groups excluding tert-OH is 1. The van der Waals surface area contributed by atoms with Gasteiger partial charge < -0.3 is 30.1 Å². The third kappa shape index (κ3) is 7.43. The van der Waals surface area contributed by atoms with E-state index < -0.39 is 22.2 Å². The summed E-state index contributed by atoms with van der Waals surface area (Å²) in [5, 5.41) is 23.8. The number of esters is 1. The van der Waals surface area contributed by atoms with E-state index in [0.717, 1.165) is 50.8 Å². The third-order valence-electron chi connectivity index (χ3n) is 7.55. The van der Waals surface area contributed by atoms with Gasteiger partial charge in [0.15, 0.2) is 0 Å². The molecule has 2 fully saturated rings. The van der Waals surface area contributed by atoms with Gasteiger partial charge in [0.05, 0.1) is 25.2 Å². The average Bonchev–Trinajstić information content (AvgIpc) is 3.43. The number of anilines is 2. The van der Waals surface area contributed by atoms with Crippen molar-refractivity contribution in [2.45, 2.75) is 37.8 Å². The van der Waals surface area contributed by atoms with Crippen LogP contribution in [-0.4, -0.2) is 87.5 Å². The molecule has 12 heteroatoms. The van der Waals surface area contributed by atoms with Crippen LogP contribution in [0.1, 0.15) is 47.7 Å². The summed E-state index contributed by atoms with van der Waals surface area (Å²) in [6.45, 7) is 3.33. The molecule has 218 valence electrons. The topological polar surface area (TPSA) is 149 Å². The summed E-state index contributed by atoms with van der Waals surface area (Å²) in [5.41, 5.74) is 2.14. The van der Waals surface area contributed by atoms with E-state index in [1.165, 1.54) is 19.2 Å². The zero-order valence-electron chi connectivity index (χ0n) is 22.9. The van der Waals surface area contributed by atoms with Gasteiger partial charge in [-0.15, -0.1) is 0 Å². The van der Waals surface area contributed by atoms with E-state index in [1.54, 1.807) is 11.0 Å². The zero-order valence-corrected chi connectivity index (χ0v) is 23.7. The van der Waals surface area contributed by atoms with Gasteiger partial charge in [0.2, 0.25) is 10.0 Å². The van der Waals surface area contributed by atoms with Gasteiger partial charge in [-0.2, -0.15) is 0 Å². The number of amides is 1. The number of rotatable bonds is 10. The monoisotopic (exact) mass is 574 g/mol. The van der Waals surface area contributed by atoms with Gasteiger partial charge in [-0.05, 0) is 80.1 Å². The largest absolute Gasteiger partial charge is 0.506 e. The molecule has 0 radical (unpaired) electrons. The average molecular weight is 575 g/mol. The normalized spacial score (nSPS) is 18.9. The van der Waals surface area contributed by atoms with Crippen LogP contribution in [0.15, 0.2) is 42.5 Å². The van der Waals surface area contributed by atoms with Crippen molar-refractivity contribution in [1.29, 1.82) is 0 Å². The number of methoxy groups -OCH3 is 1. The Morgan fingerprint density at radius 1 is 1.07 bits per heavy atom. The first-order valence-electron chi connectivity index (χ1n) is 13.5. The summed E-state index contributed by atoms with van der Waals surface area (Å²) in [7, 11) is -2.21. The fourth-order valence-corrected chi connectivity index (χ4v) is 5.91. The van der Waals surface area contributed by atoms with Crippen LogP contribution in [0, 0.1) is 5.92 Å². The third-order valence-corrected chi connectivity index (χ3v) is 8.14. The molecule has 2 aromatic rings. The standard InChI is InChI=1S/C28H38N4O7S/c1-39-28(36)24-4-3-13-32(24)27(35)20-5-8-22(9-6-20)31-14-11-19(12-15-31)17-29-18-26(34)21-7-10-25(33)23(16-21)30-40(2,37)38/h5-10,16,19,24,26,29-30,33-34H,3-4,11-15,17-18H2,1-2H3/t24-,26+/m0/s1. The number of piperidine rings is 1. The van der Waals surface area contributed by atoms with Gasteiger partial charge in [0.1, 0.15) is 11.8 Å². The van der Waals surface area contributed by atoms with E-state index in [2.05, 4.69) is 14.9 Å². The van der Waals surface area contributed by atoms with Gasteiger partial charge in [0, 0.05) is 37.4 Å².